The smallest absolute Gasteiger partial charge is 0.240 e. The molecule has 1 fully saturated rings. The van der Waals surface area contributed by atoms with E-state index in [9.17, 15) is 4.79 Å². The van der Waals surface area contributed by atoms with Gasteiger partial charge in [-0.15, -0.1) is 0 Å². The Labute approximate surface area is 109 Å². The van der Waals surface area contributed by atoms with Gasteiger partial charge in [0.25, 0.3) is 0 Å². The molecule has 1 unspecified atom stereocenters. The van der Waals surface area contributed by atoms with Crippen LogP contribution in [0.2, 0.25) is 0 Å². The lowest BCUT2D eigenvalue weighted by atomic mass is 9.95. The Morgan fingerprint density at radius 3 is 2.29 bits per heavy atom. The van der Waals surface area contributed by atoms with E-state index >= 15 is 0 Å². The van der Waals surface area contributed by atoms with Gasteiger partial charge in [-0.25, -0.2) is 0 Å². The minimum absolute atomic E-state index is 0.0142. The highest BCUT2D eigenvalue weighted by Gasteiger charge is 2.44. The fraction of sp³-hybridized carbons (Fsp3) is 0.923. The van der Waals surface area contributed by atoms with Crippen molar-refractivity contribution < 1.29 is 4.79 Å². The van der Waals surface area contributed by atoms with Crippen molar-refractivity contribution >= 4 is 17.7 Å². The molecule has 0 radical (unpaired) electrons. The topological polar surface area (TPSA) is 55.1 Å². The number of hydrogen-bond donors (Lipinski definition) is 2. The molecule has 1 rings (SSSR count). The van der Waals surface area contributed by atoms with Crippen LogP contribution in [0.25, 0.3) is 0 Å². The van der Waals surface area contributed by atoms with E-state index < -0.39 is 5.54 Å². The van der Waals surface area contributed by atoms with Crippen LogP contribution in [0.3, 0.4) is 0 Å². The first-order valence-electron chi connectivity index (χ1n) is 6.54. The Bertz CT molecular complexity index is 262. The van der Waals surface area contributed by atoms with E-state index in [-0.39, 0.29) is 10.7 Å². The van der Waals surface area contributed by atoms with Crippen LogP contribution < -0.4 is 11.1 Å². The summed E-state index contributed by atoms with van der Waals surface area (Å²) in [4.78, 5) is 12.1. The molecular weight excluding hydrogens is 232 g/mol. The summed E-state index contributed by atoms with van der Waals surface area (Å²) in [5, 5.41) is 3.05. The van der Waals surface area contributed by atoms with E-state index in [1.54, 1.807) is 0 Å². The van der Waals surface area contributed by atoms with E-state index in [2.05, 4.69) is 25.4 Å². The molecule has 3 N–H and O–H groups in total. The summed E-state index contributed by atoms with van der Waals surface area (Å²) in [6.07, 6.45) is 6.43. The van der Waals surface area contributed by atoms with Gasteiger partial charge in [0.2, 0.25) is 5.91 Å². The molecule has 1 aliphatic rings. The summed E-state index contributed by atoms with van der Waals surface area (Å²) in [5.74, 6) is 0.398. The zero-order chi connectivity index (χ0) is 13.1. The molecule has 0 aromatic rings. The van der Waals surface area contributed by atoms with Crippen molar-refractivity contribution in [3.8, 4) is 0 Å². The number of carbonyl (C=O) groups excluding carboxylic acids is 1. The average molecular weight is 258 g/mol. The molecule has 4 heteroatoms. The van der Waals surface area contributed by atoms with Crippen molar-refractivity contribution in [3.63, 3.8) is 0 Å². The molecule has 1 aliphatic carbocycles. The van der Waals surface area contributed by atoms with Crippen LogP contribution in [0.1, 0.15) is 46.5 Å². The van der Waals surface area contributed by atoms with Crippen LogP contribution in [0.15, 0.2) is 0 Å². The normalized spacial score (nSPS) is 19.8. The van der Waals surface area contributed by atoms with Crippen molar-refractivity contribution in [1.29, 1.82) is 0 Å². The largest absolute Gasteiger partial charge is 0.353 e. The van der Waals surface area contributed by atoms with Gasteiger partial charge in [-0.05, 0) is 44.8 Å². The van der Waals surface area contributed by atoms with E-state index in [4.69, 9.17) is 5.73 Å². The highest BCUT2D eigenvalue weighted by atomic mass is 32.2. The van der Waals surface area contributed by atoms with Crippen LogP contribution >= 0.6 is 11.8 Å². The fourth-order valence-electron chi connectivity index (χ4n) is 2.16. The van der Waals surface area contributed by atoms with Gasteiger partial charge in [0.05, 0.1) is 5.54 Å². The third-order valence-electron chi connectivity index (χ3n) is 4.21. The second-order valence-corrected chi connectivity index (χ2v) is 6.61. The Kier molecular flexibility index (Phi) is 4.90. The summed E-state index contributed by atoms with van der Waals surface area (Å²) < 4.78 is 0.162. The maximum absolute atomic E-state index is 12.1. The first-order valence-corrected chi connectivity index (χ1v) is 7.76. The summed E-state index contributed by atoms with van der Waals surface area (Å²) in [7, 11) is 0. The number of carbonyl (C=O) groups is 1. The molecule has 1 amide bonds. The summed E-state index contributed by atoms with van der Waals surface area (Å²) in [5.41, 5.74) is 5.43. The minimum atomic E-state index is -0.675. The molecular formula is C13H26N2OS. The molecule has 0 aromatic carbocycles. The quantitative estimate of drug-likeness (QED) is 0.735. The fourth-order valence-corrected chi connectivity index (χ4v) is 2.95. The van der Waals surface area contributed by atoms with Gasteiger partial charge in [0.1, 0.15) is 0 Å². The Morgan fingerprint density at radius 1 is 1.41 bits per heavy atom. The average Bonchev–Trinajstić information content (AvgIpc) is 3.15. The van der Waals surface area contributed by atoms with Crippen molar-refractivity contribution in [3.05, 3.63) is 0 Å². The SMILES string of the molecule is CCC(CC)(CNC(=O)C(C)(N)C1CC1)SC. The number of nitrogens with two attached hydrogens (primary N) is 1. The molecule has 0 saturated heterocycles. The monoisotopic (exact) mass is 258 g/mol. The summed E-state index contributed by atoms with van der Waals surface area (Å²) in [6.45, 7) is 6.93. The number of rotatable bonds is 7. The van der Waals surface area contributed by atoms with Crippen LogP contribution in [0, 0.1) is 5.92 Å². The van der Waals surface area contributed by atoms with Crippen LogP contribution in [-0.4, -0.2) is 29.0 Å². The van der Waals surface area contributed by atoms with Crippen molar-refractivity contribution in [2.24, 2.45) is 11.7 Å². The van der Waals surface area contributed by atoms with Gasteiger partial charge >= 0.3 is 0 Å². The Balaban J connectivity index is 2.51. The Morgan fingerprint density at radius 2 is 1.94 bits per heavy atom. The molecule has 1 saturated carbocycles. The van der Waals surface area contributed by atoms with Crippen LogP contribution in [-0.2, 0) is 4.79 Å². The third-order valence-corrected chi connectivity index (χ3v) is 5.80. The number of nitrogens with one attached hydrogen (secondary N) is 1. The third kappa shape index (κ3) is 3.38. The number of thioether (sulfide) groups is 1. The zero-order valence-corrected chi connectivity index (χ0v) is 12.3. The molecule has 0 aliphatic heterocycles. The lowest BCUT2D eigenvalue weighted by molar-refractivity contribution is -0.126. The van der Waals surface area contributed by atoms with E-state index in [1.807, 2.05) is 18.7 Å². The van der Waals surface area contributed by atoms with E-state index in [1.165, 1.54) is 0 Å². The van der Waals surface area contributed by atoms with Crippen molar-refractivity contribution in [1.82, 2.24) is 5.32 Å². The molecule has 3 nitrogen and oxygen atoms in total. The second-order valence-electron chi connectivity index (χ2n) is 5.33. The van der Waals surface area contributed by atoms with Gasteiger partial charge < -0.3 is 11.1 Å². The second kappa shape index (κ2) is 5.61. The van der Waals surface area contributed by atoms with E-state index in [0.29, 0.717) is 5.92 Å². The molecule has 0 heterocycles. The number of amides is 1. The van der Waals surface area contributed by atoms with Gasteiger partial charge in [0.15, 0.2) is 0 Å². The predicted molar refractivity (Wildman–Crippen MR) is 75.2 cm³/mol. The molecule has 1 atom stereocenters. The van der Waals surface area contributed by atoms with Crippen molar-refractivity contribution in [2.75, 3.05) is 12.8 Å². The maximum atomic E-state index is 12.1. The highest BCUT2D eigenvalue weighted by molar-refractivity contribution is 8.00. The molecule has 0 bridgehead atoms. The first kappa shape index (κ1) is 14.8. The van der Waals surface area contributed by atoms with E-state index in [0.717, 1.165) is 32.2 Å². The van der Waals surface area contributed by atoms with Gasteiger partial charge in [-0.2, -0.15) is 11.8 Å². The molecule has 17 heavy (non-hydrogen) atoms. The lowest BCUT2D eigenvalue weighted by Crippen LogP contribution is -2.55. The molecule has 0 aromatic heterocycles. The standard InChI is InChI=1S/C13H26N2OS/c1-5-13(6-2,17-4)9-15-11(16)12(3,14)10-7-8-10/h10H,5-9,14H2,1-4H3,(H,15,16). The maximum Gasteiger partial charge on any atom is 0.240 e. The summed E-state index contributed by atoms with van der Waals surface area (Å²) in [6, 6.07) is 0. The van der Waals surface area contributed by atoms with Gasteiger partial charge in [0, 0.05) is 11.3 Å². The summed E-state index contributed by atoms with van der Waals surface area (Å²) >= 11 is 1.84. The van der Waals surface area contributed by atoms with Gasteiger partial charge in [-0.1, -0.05) is 13.8 Å². The number of hydrogen-bond acceptors (Lipinski definition) is 3. The Hall–Kier alpha value is -0.220. The van der Waals surface area contributed by atoms with Crippen LogP contribution in [0.4, 0.5) is 0 Å². The molecule has 100 valence electrons. The predicted octanol–water partition coefficient (Wildman–Crippen LogP) is 2.15. The zero-order valence-electron chi connectivity index (χ0n) is 11.5. The van der Waals surface area contributed by atoms with Crippen molar-refractivity contribution in [2.45, 2.75) is 56.7 Å². The van der Waals surface area contributed by atoms with Crippen LogP contribution in [0.5, 0.6) is 0 Å². The highest BCUT2D eigenvalue weighted by Crippen LogP contribution is 2.38. The molecule has 0 spiro atoms. The first-order chi connectivity index (χ1) is 7.91. The minimum Gasteiger partial charge on any atom is -0.353 e. The van der Waals surface area contributed by atoms with Gasteiger partial charge in [-0.3, -0.25) is 4.79 Å². The lowest BCUT2D eigenvalue weighted by Gasteiger charge is -2.32.